The lowest BCUT2D eigenvalue weighted by Crippen LogP contribution is -2.41. The molecule has 94 valence electrons. The van der Waals surface area contributed by atoms with Crippen molar-refractivity contribution in [2.45, 2.75) is 38.5 Å². The average molecular weight is 245 g/mol. The van der Waals surface area contributed by atoms with E-state index in [0.717, 1.165) is 13.0 Å². The van der Waals surface area contributed by atoms with Crippen LogP contribution in [0.2, 0.25) is 0 Å². The Morgan fingerprint density at radius 1 is 1.25 bits per heavy atom. The van der Waals surface area contributed by atoms with Gasteiger partial charge in [0.1, 0.15) is 0 Å². The molecule has 2 fully saturated rings. The van der Waals surface area contributed by atoms with E-state index in [9.17, 15) is 8.42 Å². The molecule has 2 rings (SSSR count). The van der Waals surface area contributed by atoms with Crippen molar-refractivity contribution in [3.8, 4) is 0 Å². The fourth-order valence-electron chi connectivity index (χ4n) is 3.62. The zero-order valence-corrected chi connectivity index (χ0v) is 11.0. The van der Waals surface area contributed by atoms with Crippen LogP contribution in [-0.4, -0.2) is 33.5 Å². The van der Waals surface area contributed by atoms with E-state index >= 15 is 0 Å². The van der Waals surface area contributed by atoms with Crippen LogP contribution in [0.5, 0.6) is 0 Å². The molecular weight excluding hydrogens is 222 g/mol. The molecule has 4 heteroatoms. The van der Waals surface area contributed by atoms with Gasteiger partial charge in [0.2, 0.25) is 0 Å². The summed E-state index contributed by atoms with van der Waals surface area (Å²) in [6.07, 6.45) is 7.20. The summed E-state index contributed by atoms with van der Waals surface area (Å²) in [5.74, 6) is 1.27. The van der Waals surface area contributed by atoms with Gasteiger partial charge in [0.25, 0.3) is 0 Å². The summed E-state index contributed by atoms with van der Waals surface area (Å²) in [5, 5.41) is 3.29. The van der Waals surface area contributed by atoms with Crippen molar-refractivity contribution in [1.82, 2.24) is 5.32 Å². The van der Waals surface area contributed by atoms with Crippen LogP contribution < -0.4 is 5.32 Å². The zero-order valence-electron chi connectivity index (χ0n) is 10.2. The first-order chi connectivity index (χ1) is 7.58. The second-order valence-electron chi connectivity index (χ2n) is 5.55. The van der Waals surface area contributed by atoms with Gasteiger partial charge < -0.3 is 5.32 Å². The third kappa shape index (κ3) is 2.43. The molecule has 0 aromatic heterocycles. The van der Waals surface area contributed by atoms with Gasteiger partial charge in [-0.05, 0) is 37.6 Å². The molecule has 2 aliphatic rings. The van der Waals surface area contributed by atoms with Crippen molar-refractivity contribution in [3.63, 3.8) is 0 Å². The SMILES string of the molecule is CNCC1(C2CCS(=O)(=O)C2)CCCCC1. The molecule has 0 spiro atoms. The Bertz CT molecular complexity index is 325. The first kappa shape index (κ1) is 12.4. The Morgan fingerprint density at radius 2 is 1.94 bits per heavy atom. The van der Waals surface area contributed by atoms with Crippen LogP contribution in [0.1, 0.15) is 38.5 Å². The van der Waals surface area contributed by atoms with Crippen molar-refractivity contribution in [1.29, 1.82) is 0 Å². The van der Waals surface area contributed by atoms with Gasteiger partial charge in [-0.1, -0.05) is 19.3 Å². The van der Waals surface area contributed by atoms with Crippen molar-refractivity contribution >= 4 is 9.84 Å². The molecule has 1 saturated heterocycles. The zero-order chi connectivity index (χ0) is 11.6. The fourth-order valence-corrected chi connectivity index (χ4v) is 5.56. The van der Waals surface area contributed by atoms with E-state index in [1.54, 1.807) is 0 Å². The lowest BCUT2D eigenvalue weighted by Gasteiger charge is -2.42. The number of sulfone groups is 1. The minimum absolute atomic E-state index is 0.274. The maximum atomic E-state index is 11.6. The molecule has 16 heavy (non-hydrogen) atoms. The van der Waals surface area contributed by atoms with E-state index in [2.05, 4.69) is 5.32 Å². The van der Waals surface area contributed by atoms with Crippen molar-refractivity contribution in [2.24, 2.45) is 11.3 Å². The third-order valence-electron chi connectivity index (χ3n) is 4.48. The van der Waals surface area contributed by atoms with Crippen LogP contribution in [0.15, 0.2) is 0 Å². The van der Waals surface area contributed by atoms with Crippen LogP contribution >= 0.6 is 0 Å². The Kier molecular flexibility index (Phi) is 3.59. The maximum absolute atomic E-state index is 11.6. The Labute approximate surface area is 98.9 Å². The molecule has 0 aromatic rings. The summed E-state index contributed by atoms with van der Waals surface area (Å²) >= 11 is 0. The highest BCUT2D eigenvalue weighted by molar-refractivity contribution is 7.91. The molecule has 3 nitrogen and oxygen atoms in total. The Balaban J connectivity index is 2.13. The lowest BCUT2D eigenvalue weighted by molar-refractivity contribution is 0.111. The van der Waals surface area contributed by atoms with E-state index in [0.29, 0.717) is 17.4 Å². The van der Waals surface area contributed by atoms with E-state index in [1.807, 2.05) is 7.05 Å². The highest BCUT2D eigenvalue weighted by Crippen LogP contribution is 2.46. The summed E-state index contributed by atoms with van der Waals surface area (Å²) in [5.41, 5.74) is 0.274. The van der Waals surface area contributed by atoms with Gasteiger partial charge in [-0.2, -0.15) is 0 Å². The predicted molar refractivity (Wildman–Crippen MR) is 66.2 cm³/mol. The second kappa shape index (κ2) is 4.65. The molecule has 0 bridgehead atoms. The van der Waals surface area contributed by atoms with Crippen LogP contribution in [0, 0.1) is 11.3 Å². The van der Waals surface area contributed by atoms with Gasteiger partial charge in [-0.15, -0.1) is 0 Å². The minimum atomic E-state index is -2.73. The molecule has 1 N–H and O–H groups in total. The van der Waals surface area contributed by atoms with Gasteiger partial charge in [0, 0.05) is 6.54 Å². The van der Waals surface area contributed by atoms with Gasteiger partial charge in [-0.25, -0.2) is 8.42 Å². The molecule has 1 aliphatic carbocycles. The van der Waals surface area contributed by atoms with E-state index < -0.39 is 9.84 Å². The maximum Gasteiger partial charge on any atom is 0.150 e. The smallest absolute Gasteiger partial charge is 0.150 e. The van der Waals surface area contributed by atoms with Crippen LogP contribution in [0.25, 0.3) is 0 Å². The quantitative estimate of drug-likeness (QED) is 0.821. The summed E-state index contributed by atoms with van der Waals surface area (Å²) in [4.78, 5) is 0. The summed E-state index contributed by atoms with van der Waals surface area (Å²) in [6.45, 7) is 0.993. The lowest BCUT2D eigenvalue weighted by atomic mass is 9.65. The standard InChI is InChI=1S/C12H23NO2S/c1-13-10-12(6-3-2-4-7-12)11-5-8-16(14,15)9-11/h11,13H,2-10H2,1H3. The van der Waals surface area contributed by atoms with Gasteiger partial charge in [0.15, 0.2) is 9.84 Å². The Morgan fingerprint density at radius 3 is 2.44 bits per heavy atom. The van der Waals surface area contributed by atoms with Crippen LogP contribution in [-0.2, 0) is 9.84 Å². The van der Waals surface area contributed by atoms with Crippen molar-refractivity contribution in [3.05, 3.63) is 0 Å². The summed E-state index contributed by atoms with van der Waals surface area (Å²) in [7, 11) is -0.743. The third-order valence-corrected chi connectivity index (χ3v) is 6.24. The van der Waals surface area contributed by atoms with E-state index in [1.165, 1.54) is 32.1 Å². The molecule has 0 radical (unpaired) electrons. The molecule has 1 atom stereocenters. The molecule has 1 saturated carbocycles. The average Bonchev–Trinajstić information content (AvgIpc) is 2.61. The van der Waals surface area contributed by atoms with Crippen molar-refractivity contribution in [2.75, 3.05) is 25.1 Å². The second-order valence-corrected chi connectivity index (χ2v) is 7.78. The summed E-state index contributed by atoms with van der Waals surface area (Å²) in [6, 6.07) is 0. The van der Waals surface area contributed by atoms with Gasteiger partial charge in [-0.3, -0.25) is 0 Å². The molecular formula is C12H23NO2S. The predicted octanol–water partition coefficient (Wildman–Crippen LogP) is 1.59. The number of hydrogen-bond acceptors (Lipinski definition) is 3. The Hall–Kier alpha value is -0.0900. The monoisotopic (exact) mass is 245 g/mol. The van der Waals surface area contributed by atoms with E-state index in [-0.39, 0.29) is 5.41 Å². The first-order valence-electron chi connectivity index (χ1n) is 6.43. The number of nitrogens with one attached hydrogen (secondary N) is 1. The molecule has 1 heterocycles. The first-order valence-corrected chi connectivity index (χ1v) is 8.25. The molecule has 0 aromatic carbocycles. The van der Waals surface area contributed by atoms with Crippen molar-refractivity contribution < 1.29 is 8.42 Å². The van der Waals surface area contributed by atoms with Gasteiger partial charge in [0.05, 0.1) is 11.5 Å². The normalized spacial score (nSPS) is 32.7. The topological polar surface area (TPSA) is 46.2 Å². The highest BCUT2D eigenvalue weighted by Gasteiger charge is 2.44. The van der Waals surface area contributed by atoms with Crippen LogP contribution in [0.3, 0.4) is 0 Å². The molecule has 0 amide bonds. The number of rotatable bonds is 3. The highest BCUT2D eigenvalue weighted by atomic mass is 32.2. The summed E-state index contributed by atoms with van der Waals surface area (Å²) < 4.78 is 23.2. The van der Waals surface area contributed by atoms with Gasteiger partial charge >= 0.3 is 0 Å². The van der Waals surface area contributed by atoms with Crippen LogP contribution in [0.4, 0.5) is 0 Å². The molecule has 1 aliphatic heterocycles. The molecule has 1 unspecified atom stereocenters. The largest absolute Gasteiger partial charge is 0.319 e. The fraction of sp³-hybridized carbons (Fsp3) is 1.00. The minimum Gasteiger partial charge on any atom is -0.319 e. The van der Waals surface area contributed by atoms with E-state index in [4.69, 9.17) is 0 Å². The number of hydrogen-bond donors (Lipinski definition) is 1.